The molecule has 1 aromatic rings. The summed E-state index contributed by atoms with van der Waals surface area (Å²) in [6.07, 6.45) is -3.25. The zero-order valence-electron chi connectivity index (χ0n) is 11.2. The van der Waals surface area contributed by atoms with Gasteiger partial charge in [-0.15, -0.1) is 0 Å². The fourth-order valence-corrected chi connectivity index (χ4v) is 2.61. The summed E-state index contributed by atoms with van der Waals surface area (Å²) in [6, 6.07) is 3.82. The number of rotatable bonds is 2. The van der Waals surface area contributed by atoms with Crippen molar-refractivity contribution in [3.8, 4) is 0 Å². The van der Waals surface area contributed by atoms with Crippen molar-refractivity contribution < 1.29 is 23.4 Å². The maximum Gasteiger partial charge on any atom is 0.418 e. The van der Waals surface area contributed by atoms with Gasteiger partial charge in [-0.1, -0.05) is 6.07 Å². The lowest BCUT2D eigenvalue weighted by atomic mass is 9.94. The maximum atomic E-state index is 13.1. The third-order valence-electron chi connectivity index (χ3n) is 3.56. The molecule has 3 nitrogen and oxygen atoms in total. The Bertz CT molecular complexity index is 486. The van der Waals surface area contributed by atoms with E-state index in [2.05, 4.69) is 0 Å². The summed E-state index contributed by atoms with van der Waals surface area (Å²) in [5, 5.41) is 19.0. The lowest BCUT2D eigenvalue weighted by molar-refractivity contribution is -0.137. The molecule has 112 valence electrons. The minimum Gasteiger partial charge on any atom is -0.392 e. The minimum absolute atomic E-state index is 0.0645. The molecular weight excluding hydrogens is 271 g/mol. The largest absolute Gasteiger partial charge is 0.418 e. The van der Waals surface area contributed by atoms with E-state index in [1.54, 1.807) is 11.8 Å². The second-order valence-corrected chi connectivity index (χ2v) is 5.53. The normalized spacial score (nSPS) is 24.0. The van der Waals surface area contributed by atoms with Crippen molar-refractivity contribution in [2.24, 2.45) is 0 Å². The molecule has 1 aliphatic rings. The molecule has 0 aromatic heterocycles. The summed E-state index contributed by atoms with van der Waals surface area (Å²) in [5.74, 6) is 0. The summed E-state index contributed by atoms with van der Waals surface area (Å²) in [6.45, 7) is 1.86. The number of aliphatic hydroxyl groups excluding tert-OH is 1. The molecule has 2 N–H and O–H groups in total. The van der Waals surface area contributed by atoms with Gasteiger partial charge in [0.2, 0.25) is 0 Å². The van der Waals surface area contributed by atoms with Gasteiger partial charge in [0.25, 0.3) is 0 Å². The highest BCUT2D eigenvalue weighted by atomic mass is 19.4. The lowest BCUT2D eigenvalue weighted by Crippen LogP contribution is -2.46. The van der Waals surface area contributed by atoms with Crippen molar-refractivity contribution in [3.05, 3.63) is 29.3 Å². The fraction of sp³-hybridized carbons (Fsp3) is 0.571. The van der Waals surface area contributed by atoms with Gasteiger partial charge in [0.15, 0.2) is 0 Å². The number of aliphatic hydroxyl groups is 2. The van der Waals surface area contributed by atoms with Crippen molar-refractivity contribution in [2.45, 2.75) is 38.1 Å². The zero-order chi connectivity index (χ0) is 15.0. The van der Waals surface area contributed by atoms with Gasteiger partial charge in [0.1, 0.15) is 0 Å². The number of halogens is 3. The molecular formula is C14H18F3NO2. The monoisotopic (exact) mass is 289 g/mol. The van der Waals surface area contributed by atoms with Gasteiger partial charge >= 0.3 is 6.18 Å². The van der Waals surface area contributed by atoms with E-state index in [1.807, 2.05) is 0 Å². The van der Waals surface area contributed by atoms with Crippen LogP contribution in [0.1, 0.15) is 30.9 Å². The van der Waals surface area contributed by atoms with Gasteiger partial charge < -0.3 is 15.1 Å². The molecule has 0 radical (unpaired) electrons. The van der Waals surface area contributed by atoms with Crippen LogP contribution in [0.4, 0.5) is 18.9 Å². The van der Waals surface area contributed by atoms with E-state index in [9.17, 15) is 18.3 Å². The van der Waals surface area contributed by atoms with Crippen LogP contribution in [-0.2, 0) is 12.8 Å². The van der Waals surface area contributed by atoms with E-state index in [1.165, 1.54) is 12.1 Å². The Hall–Kier alpha value is -1.27. The van der Waals surface area contributed by atoms with Crippen molar-refractivity contribution in [3.63, 3.8) is 0 Å². The van der Waals surface area contributed by atoms with Crippen LogP contribution in [0.3, 0.4) is 0 Å². The van der Waals surface area contributed by atoms with Gasteiger partial charge in [-0.3, -0.25) is 0 Å². The number of alkyl halides is 3. The average Bonchev–Trinajstić information content (AvgIpc) is 2.35. The molecule has 0 bridgehead atoms. The van der Waals surface area contributed by atoms with Crippen LogP contribution >= 0.6 is 0 Å². The van der Waals surface area contributed by atoms with Crippen molar-refractivity contribution in [1.82, 2.24) is 0 Å². The van der Waals surface area contributed by atoms with E-state index in [0.29, 0.717) is 19.4 Å². The second kappa shape index (κ2) is 5.26. The first kappa shape index (κ1) is 15.1. The summed E-state index contributed by atoms with van der Waals surface area (Å²) in [7, 11) is 0. The number of hydrogen-bond acceptors (Lipinski definition) is 3. The molecule has 0 amide bonds. The van der Waals surface area contributed by atoms with Crippen LogP contribution in [0.5, 0.6) is 0 Å². The van der Waals surface area contributed by atoms with Crippen LogP contribution in [0, 0.1) is 0 Å². The Kier molecular flexibility index (Phi) is 3.97. The number of benzene rings is 1. The van der Waals surface area contributed by atoms with Crippen molar-refractivity contribution in [2.75, 3.05) is 18.0 Å². The third kappa shape index (κ3) is 3.24. The molecule has 0 spiro atoms. The quantitative estimate of drug-likeness (QED) is 0.879. The van der Waals surface area contributed by atoms with Gasteiger partial charge in [0.05, 0.1) is 17.8 Å². The van der Waals surface area contributed by atoms with Crippen LogP contribution < -0.4 is 4.90 Å². The Morgan fingerprint density at radius 1 is 1.35 bits per heavy atom. The zero-order valence-corrected chi connectivity index (χ0v) is 11.2. The number of piperidine rings is 1. The van der Waals surface area contributed by atoms with E-state index >= 15 is 0 Å². The molecule has 1 fully saturated rings. The van der Waals surface area contributed by atoms with Crippen LogP contribution in [0.15, 0.2) is 18.2 Å². The molecule has 1 saturated heterocycles. The third-order valence-corrected chi connectivity index (χ3v) is 3.56. The Morgan fingerprint density at radius 3 is 2.60 bits per heavy atom. The van der Waals surface area contributed by atoms with E-state index < -0.39 is 23.9 Å². The topological polar surface area (TPSA) is 43.7 Å². The summed E-state index contributed by atoms with van der Waals surface area (Å²) >= 11 is 0. The van der Waals surface area contributed by atoms with Crippen LogP contribution in [-0.4, -0.2) is 28.9 Å². The second-order valence-electron chi connectivity index (χ2n) is 5.53. The highest BCUT2D eigenvalue weighted by molar-refractivity contribution is 5.57. The highest BCUT2D eigenvalue weighted by Crippen LogP contribution is 2.39. The Labute approximate surface area is 115 Å². The summed E-state index contributed by atoms with van der Waals surface area (Å²) < 4.78 is 39.4. The molecule has 1 unspecified atom stereocenters. The number of hydrogen-bond donors (Lipinski definition) is 2. The molecule has 2 rings (SSSR count). The molecule has 1 heterocycles. The first-order valence-electron chi connectivity index (χ1n) is 6.51. The van der Waals surface area contributed by atoms with Gasteiger partial charge in [-0.25, -0.2) is 0 Å². The Balaban J connectivity index is 2.40. The highest BCUT2D eigenvalue weighted by Gasteiger charge is 2.37. The van der Waals surface area contributed by atoms with Gasteiger partial charge in [-0.2, -0.15) is 13.2 Å². The van der Waals surface area contributed by atoms with Crippen molar-refractivity contribution in [1.29, 1.82) is 0 Å². The Morgan fingerprint density at radius 2 is 2.05 bits per heavy atom. The molecule has 6 heteroatoms. The van der Waals surface area contributed by atoms with E-state index in [-0.39, 0.29) is 17.8 Å². The van der Waals surface area contributed by atoms with Crippen LogP contribution in [0.25, 0.3) is 0 Å². The van der Waals surface area contributed by atoms with Gasteiger partial charge in [0, 0.05) is 18.8 Å². The standard InChI is InChI=1S/C14H18F3NO2/c1-13(20)5-2-6-18(9-13)12-4-3-10(8-19)7-11(12)14(15,16)17/h3-4,7,19-20H,2,5-6,8-9H2,1H3. The van der Waals surface area contributed by atoms with Crippen LogP contribution in [0.2, 0.25) is 0 Å². The smallest absolute Gasteiger partial charge is 0.392 e. The number of nitrogens with zero attached hydrogens (tertiary/aromatic N) is 1. The molecule has 20 heavy (non-hydrogen) atoms. The maximum absolute atomic E-state index is 13.1. The predicted octanol–water partition coefficient (Wildman–Crippen LogP) is 2.55. The first-order valence-corrected chi connectivity index (χ1v) is 6.51. The molecule has 0 saturated carbocycles. The van der Waals surface area contributed by atoms with Crippen molar-refractivity contribution >= 4 is 5.69 Å². The average molecular weight is 289 g/mol. The fourth-order valence-electron chi connectivity index (χ4n) is 2.61. The SMILES string of the molecule is CC1(O)CCCN(c2ccc(CO)cc2C(F)(F)F)C1. The van der Waals surface area contributed by atoms with E-state index in [0.717, 1.165) is 6.07 Å². The lowest BCUT2D eigenvalue weighted by Gasteiger charge is -2.39. The molecule has 1 aromatic carbocycles. The van der Waals surface area contributed by atoms with Gasteiger partial charge in [-0.05, 0) is 37.5 Å². The molecule has 1 atom stereocenters. The minimum atomic E-state index is -4.48. The summed E-state index contributed by atoms with van der Waals surface area (Å²) in [4.78, 5) is 1.56. The number of β-amino-alcohol motifs (C(OH)–C–C–N with tert-alkyl or cyclic N) is 1. The summed E-state index contributed by atoms with van der Waals surface area (Å²) in [5.41, 5.74) is -1.45. The molecule has 1 aliphatic heterocycles. The molecule has 0 aliphatic carbocycles. The number of anilines is 1. The first-order chi connectivity index (χ1) is 9.23. The van der Waals surface area contributed by atoms with E-state index in [4.69, 9.17) is 5.11 Å². The predicted molar refractivity (Wildman–Crippen MR) is 69.4 cm³/mol.